The van der Waals surface area contributed by atoms with Crippen LogP contribution < -0.4 is 5.32 Å². The van der Waals surface area contributed by atoms with Crippen LogP contribution in [0.25, 0.3) is 5.69 Å². The minimum absolute atomic E-state index is 0.0990. The number of hydrogen-bond donors (Lipinski definition) is 1. The van der Waals surface area contributed by atoms with Crippen molar-refractivity contribution in [2.24, 2.45) is 0 Å². The molecular weight excluding hydrogens is 228 g/mol. The van der Waals surface area contributed by atoms with Crippen LogP contribution in [0.15, 0.2) is 36.5 Å². The lowest BCUT2D eigenvalue weighted by Crippen LogP contribution is -2.12. The first-order chi connectivity index (χ1) is 7.79. The fourth-order valence-electron chi connectivity index (χ4n) is 1.20. The molecule has 16 heavy (non-hydrogen) atoms. The second-order valence-corrected chi connectivity index (χ2v) is 3.33. The molecule has 0 aliphatic rings. The fraction of sp³-hybridized carbons (Fsp3) is 0.100. The van der Waals surface area contributed by atoms with Gasteiger partial charge in [-0.3, -0.25) is 4.79 Å². The Kier molecular flexibility index (Phi) is 3.16. The number of para-hydroxylation sites is 1. The molecule has 1 aromatic carbocycles. The number of nitrogens with zero attached hydrogens (tertiary/aromatic N) is 3. The lowest BCUT2D eigenvalue weighted by Gasteiger charge is -1.97. The summed E-state index contributed by atoms with van der Waals surface area (Å²) >= 11 is 5.36. The van der Waals surface area contributed by atoms with Crippen molar-refractivity contribution >= 4 is 23.3 Å². The fourth-order valence-corrected chi connectivity index (χ4v) is 1.27. The number of anilines is 1. The molecule has 0 radical (unpaired) electrons. The lowest BCUT2D eigenvalue weighted by atomic mass is 10.3. The molecule has 1 amide bonds. The van der Waals surface area contributed by atoms with E-state index in [2.05, 4.69) is 15.6 Å². The first-order valence-corrected chi connectivity index (χ1v) is 5.16. The second-order valence-electron chi connectivity index (χ2n) is 3.07. The summed E-state index contributed by atoms with van der Waals surface area (Å²) in [5.41, 5.74) is 0.876. The number of nitrogens with one attached hydrogen (secondary N) is 1. The molecule has 0 aliphatic carbocycles. The van der Waals surface area contributed by atoms with E-state index in [0.29, 0.717) is 5.82 Å². The zero-order chi connectivity index (χ0) is 11.4. The number of carbonyl (C=O) groups excluding carboxylic acids is 1. The maximum absolute atomic E-state index is 11.0. The number of benzene rings is 1. The van der Waals surface area contributed by atoms with Crippen molar-refractivity contribution in [1.29, 1.82) is 0 Å². The van der Waals surface area contributed by atoms with Crippen molar-refractivity contribution in [2.75, 3.05) is 11.2 Å². The Morgan fingerprint density at radius 3 is 2.81 bits per heavy atom. The highest BCUT2D eigenvalue weighted by atomic mass is 35.5. The molecule has 1 N–H and O–H groups in total. The van der Waals surface area contributed by atoms with Crippen LogP contribution in [0.1, 0.15) is 0 Å². The third-order valence-electron chi connectivity index (χ3n) is 1.90. The Hall–Kier alpha value is -1.88. The van der Waals surface area contributed by atoms with Gasteiger partial charge in [0.25, 0.3) is 0 Å². The van der Waals surface area contributed by atoms with Crippen molar-refractivity contribution in [3.05, 3.63) is 36.5 Å². The van der Waals surface area contributed by atoms with Gasteiger partial charge in [0.15, 0.2) is 5.82 Å². The number of amides is 1. The van der Waals surface area contributed by atoms with Crippen molar-refractivity contribution in [1.82, 2.24) is 15.0 Å². The third-order valence-corrected chi connectivity index (χ3v) is 2.15. The van der Waals surface area contributed by atoms with Crippen LogP contribution in [0.4, 0.5) is 5.82 Å². The topological polar surface area (TPSA) is 59.8 Å². The smallest absolute Gasteiger partial charge is 0.240 e. The molecule has 0 fully saturated rings. The van der Waals surface area contributed by atoms with Gasteiger partial charge >= 0.3 is 0 Å². The number of carbonyl (C=O) groups is 1. The monoisotopic (exact) mass is 236 g/mol. The van der Waals surface area contributed by atoms with E-state index >= 15 is 0 Å². The molecule has 5 nitrogen and oxygen atoms in total. The molecule has 0 bridgehead atoms. The summed E-state index contributed by atoms with van der Waals surface area (Å²) in [5, 5.41) is 10.2. The predicted octanol–water partition coefficient (Wildman–Crippen LogP) is 1.44. The Morgan fingerprint density at radius 2 is 2.12 bits per heavy atom. The molecule has 0 spiro atoms. The summed E-state index contributed by atoms with van der Waals surface area (Å²) in [6.45, 7) is 0. The molecule has 0 unspecified atom stereocenters. The highest BCUT2D eigenvalue weighted by Crippen LogP contribution is 2.08. The molecular formula is C10H9ClN4O. The van der Waals surface area contributed by atoms with E-state index in [1.54, 1.807) is 10.9 Å². The summed E-state index contributed by atoms with van der Waals surface area (Å²) in [7, 11) is 0. The maximum atomic E-state index is 11.0. The summed E-state index contributed by atoms with van der Waals surface area (Å²) in [6, 6.07) is 9.49. The van der Waals surface area contributed by atoms with Crippen molar-refractivity contribution in [3.8, 4) is 5.69 Å². The van der Waals surface area contributed by atoms with E-state index in [9.17, 15) is 4.79 Å². The zero-order valence-electron chi connectivity index (χ0n) is 8.30. The van der Waals surface area contributed by atoms with E-state index in [-0.39, 0.29) is 11.8 Å². The highest BCUT2D eigenvalue weighted by molar-refractivity contribution is 6.28. The molecule has 0 saturated heterocycles. The molecule has 6 heteroatoms. The molecule has 82 valence electrons. The number of halogens is 1. The van der Waals surface area contributed by atoms with Gasteiger partial charge in [-0.25, -0.2) is 4.68 Å². The first kappa shape index (κ1) is 10.6. The van der Waals surface area contributed by atoms with Gasteiger partial charge in [-0.1, -0.05) is 23.4 Å². The van der Waals surface area contributed by atoms with E-state index in [1.165, 1.54) is 0 Å². The van der Waals surface area contributed by atoms with Crippen LogP contribution in [0.3, 0.4) is 0 Å². The molecule has 0 aliphatic heterocycles. The molecule has 0 saturated carbocycles. The van der Waals surface area contributed by atoms with Crippen molar-refractivity contribution < 1.29 is 4.79 Å². The minimum Gasteiger partial charge on any atom is -0.307 e. The van der Waals surface area contributed by atoms with Gasteiger partial charge in [-0.2, -0.15) is 0 Å². The number of rotatable bonds is 3. The largest absolute Gasteiger partial charge is 0.307 e. The van der Waals surface area contributed by atoms with Gasteiger partial charge in [0.2, 0.25) is 5.91 Å². The van der Waals surface area contributed by atoms with Crippen LogP contribution in [-0.2, 0) is 4.79 Å². The Labute approximate surface area is 97.0 Å². The third kappa shape index (κ3) is 2.38. The summed E-state index contributed by atoms with van der Waals surface area (Å²) in [4.78, 5) is 11.0. The second kappa shape index (κ2) is 4.76. The van der Waals surface area contributed by atoms with E-state index in [0.717, 1.165) is 5.69 Å². The molecule has 2 aromatic rings. The number of alkyl halides is 1. The molecule has 2 rings (SSSR count). The van der Waals surface area contributed by atoms with Crippen molar-refractivity contribution in [2.45, 2.75) is 0 Å². The number of hydrogen-bond acceptors (Lipinski definition) is 3. The average Bonchev–Trinajstić information content (AvgIpc) is 2.78. The van der Waals surface area contributed by atoms with Crippen LogP contribution >= 0.6 is 11.6 Å². The van der Waals surface area contributed by atoms with E-state index in [1.807, 2.05) is 30.3 Å². The predicted molar refractivity (Wildman–Crippen MR) is 60.7 cm³/mol. The Balaban J connectivity index is 2.17. The van der Waals surface area contributed by atoms with Crippen LogP contribution in [0.5, 0.6) is 0 Å². The van der Waals surface area contributed by atoms with E-state index < -0.39 is 0 Å². The van der Waals surface area contributed by atoms with Crippen LogP contribution in [-0.4, -0.2) is 26.8 Å². The summed E-state index contributed by atoms with van der Waals surface area (Å²) in [6.07, 6.45) is 1.62. The Bertz CT molecular complexity index is 483. The quantitative estimate of drug-likeness (QED) is 0.821. The highest BCUT2D eigenvalue weighted by Gasteiger charge is 2.05. The van der Waals surface area contributed by atoms with Gasteiger partial charge < -0.3 is 5.32 Å². The number of aromatic nitrogens is 3. The SMILES string of the molecule is O=C(CCl)Nc1cn(-c2ccccc2)nn1. The standard InChI is InChI=1S/C10H9ClN4O/c11-6-10(16)12-9-7-15(14-13-9)8-4-2-1-3-5-8/h1-5,7H,6H2,(H,12,16). The molecule has 1 heterocycles. The Morgan fingerprint density at radius 1 is 1.38 bits per heavy atom. The molecule has 1 aromatic heterocycles. The summed E-state index contributed by atoms with van der Waals surface area (Å²) in [5.74, 6) is -0.0191. The normalized spacial score (nSPS) is 10.1. The molecule has 0 atom stereocenters. The van der Waals surface area contributed by atoms with Gasteiger partial charge in [0.05, 0.1) is 11.9 Å². The summed E-state index contributed by atoms with van der Waals surface area (Å²) < 4.78 is 1.57. The average molecular weight is 237 g/mol. The van der Waals surface area contributed by atoms with Crippen molar-refractivity contribution in [3.63, 3.8) is 0 Å². The van der Waals surface area contributed by atoms with Gasteiger partial charge in [0, 0.05) is 0 Å². The zero-order valence-corrected chi connectivity index (χ0v) is 9.05. The van der Waals surface area contributed by atoms with Crippen LogP contribution in [0, 0.1) is 0 Å². The maximum Gasteiger partial charge on any atom is 0.240 e. The van der Waals surface area contributed by atoms with Gasteiger partial charge in [-0.15, -0.1) is 16.7 Å². The van der Waals surface area contributed by atoms with Crippen LogP contribution in [0.2, 0.25) is 0 Å². The van der Waals surface area contributed by atoms with E-state index in [4.69, 9.17) is 11.6 Å². The first-order valence-electron chi connectivity index (χ1n) is 4.63. The lowest BCUT2D eigenvalue weighted by molar-refractivity contribution is -0.113. The van der Waals surface area contributed by atoms with Gasteiger partial charge in [-0.05, 0) is 12.1 Å². The minimum atomic E-state index is -0.304. The van der Waals surface area contributed by atoms with Gasteiger partial charge in [0.1, 0.15) is 5.88 Å².